The van der Waals surface area contributed by atoms with Gasteiger partial charge in [0.15, 0.2) is 0 Å². The summed E-state index contributed by atoms with van der Waals surface area (Å²) in [4.78, 5) is 41.4. The SMILES string of the molecule is Cc1cc2c(c(=O)n1CC(=O)NCc1ccc3[nH]ccc3c1)NC(=O)[C@H](CC1CCC1)C2. The van der Waals surface area contributed by atoms with Gasteiger partial charge in [-0.15, -0.1) is 0 Å². The lowest BCUT2D eigenvalue weighted by Crippen LogP contribution is -2.39. The summed E-state index contributed by atoms with van der Waals surface area (Å²) in [7, 11) is 0. The minimum absolute atomic E-state index is 0.0666. The number of hydrogen-bond donors (Lipinski definition) is 3. The predicted molar refractivity (Wildman–Crippen MR) is 123 cm³/mol. The van der Waals surface area contributed by atoms with E-state index in [4.69, 9.17) is 0 Å². The first kappa shape index (κ1) is 20.5. The summed E-state index contributed by atoms with van der Waals surface area (Å²) in [5, 5.41) is 6.82. The van der Waals surface area contributed by atoms with Crippen molar-refractivity contribution in [1.82, 2.24) is 14.9 Å². The molecule has 0 spiro atoms. The number of benzene rings is 1. The molecule has 2 amide bonds. The third kappa shape index (κ3) is 3.95. The molecule has 1 aromatic carbocycles. The van der Waals surface area contributed by atoms with Gasteiger partial charge in [0.05, 0.1) is 0 Å². The van der Waals surface area contributed by atoms with E-state index in [1.165, 1.54) is 23.8 Å². The summed E-state index contributed by atoms with van der Waals surface area (Å²) in [6, 6.07) is 9.90. The minimum atomic E-state index is -0.306. The van der Waals surface area contributed by atoms with Crippen molar-refractivity contribution < 1.29 is 9.59 Å². The molecule has 3 heterocycles. The van der Waals surface area contributed by atoms with E-state index in [0.717, 1.165) is 34.1 Å². The molecule has 1 saturated carbocycles. The van der Waals surface area contributed by atoms with E-state index in [0.29, 0.717) is 24.6 Å². The molecule has 0 radical (unpaired) electrons. The standard InChI is InChI=1S/C25H28N4O3/c1-15-9-19-12-20(10-16-3-2-4-16)24(31)28-23(19)25(32)29(15)14-22(30)27-13-17-5-6-21-18(11-17)7-8-26-21/h5-9,11,16,20,26H,2-4,10,12-14H2,1H3,(H,27,30)(H,28,31)/t20-/m1/s1. The largest absolute Gasteiger partial charge is 0.361 e. The summed E-state index contributed by atoms with van der Waals surface area (Å²) < 4.78 is 1.44. The second-order valence-corrected chi connectivity index (χ2v) is 9.18. The fourth-order valence-electron chi connectivity index (χ4n) is 4.84. The Kier molecular flexibility index (Phi) is 5.33. The number of nitrogens with zero attached hydrogens (tertiary/aromatic N) is 1. The Labute approximate surface area is 186 Å². The number of rotatable bonds is 6. The number of aryl methyl sites for hydroxylation is 1. The molecular weight excluding hydrogens is 404 g/mol. The van der Waals surface area contributed by atoms with Gasteiger partial charge >= 0.3 is 0 Å². The van der Waals surface area contributed by atoms with Gasteiger partial charge in [-0.1, -0.05) is 25.3 Å². The Morgan fingerprint density at radius 3 is 2.81 bits per heavy atom. The summed E-state index contributed by atoms with van der Waals surface area (Å²) in [5.74, 6) is 0.259. The van der Waals surface area contributed by atoms with Gasteiger partial charge in [-0.3, -0.25) is 14.4 Å². The van der Waals surface area contributed by atoms with Crippen LogP contribution < -0.4 is 16.2 Å². The van der Waals surface area contributed by atoms with Gasteiger partial charge in [0.25, 0.3) is 5.56 Å². The fraction of sp³-hybridized carbons (Fsp3) is 0.400. The van der Waals surface area contributed by atoms with Crippen LogP contribution in [0.15, 0.2) is 41.3 Å². The van der Waals surface area contributed by atoms with Crippen molar-refractivity contribution in [3.05, 3.63) is 63.7 Å². The molecule has 1 aliphatic carbocycles. The van der Waals surface area contributed by atoms with Gasteiger partial charge in [-0.2, -0.15) is 0 Å². The van der Waals surface area contributed by atoms with Crippen LogP contribution in [0.25, 0.3) is 10.9 Å². The number of hydrogen-bond acceptors (Lipinski definition) is 3. The van der Waals surface area contributed by atoms with Crippen LogP contribution in [0.5, 0.6) is 0 Å². The minimum Gasteiger partial charge on any atom is -0.361 e. The second kappa shape index (κ2) is 8.30. The average molecular weight is 433 g/mol. The van der Waals surface area contributed by atoms with Crippen LogP contribution in [0.4, 0.5) is 5.69 Å². The Hall–Kier alpha value is -3.35. The first-order chi connectivity index (χ1) is 15.5. The van der Waals surface area contributed by atoms with Gasteiger partial charge in [0.1, 0.15) is 12.2 Å². The third-order valence-electron chi connectivity index (χ3n) is 6.93. The van der Waals surface area contributed by atoms with Crippen molar-refractivity contribution in [2.45, 2.75) is 52.1 Å². The van der Waals surface area contributed by atoms with Crippen LogP contribution in [0.2, 0.25) is 0 Å². The number of nitrogens with one attached hydrogen (secondary N) is 3. The topological polar surface area (TPSA) is 96.0 Å². The van der Waals surface area contributed by atoms with E-state index >= 15 is 0 Å². The van der Waals surface area contributed by atoms with Gasteiger partial charge in [-0.05, 0) is 66.5 Å². The Bertz CT molecular complexity index is 1250. The summed E-state index contributed by atoms with van der Waals surface area (Å²) in [6.07, 6.45) is 7.03. The zero-order chi connectivity index (χ0) is 22.2. The van der Waals surface area contributed by atoms with E-state index in [2.05, 4.69) is 15.6 Å². The molecule has 7 heteroatoms. The predicted octanol–water partition coefficient (Wildman–Crippen LogP) is 3.26. The van der Waals surface area contributed by atoms with Crippen molar-refractivity contribution in [2.75, 3.05) is 5.32 Å². The van der Waals surface area contributed by atoms with E-state index in [9.17, 15) is 14.4 Å². The van der Waals surface area contributed by atoms with Gasteiger partial charge in [0.2, 0.25) is 11.8 Å². The maximum atomic E-state index is 13.1. The number of anilines is 1. The van der Waals surface area contributed by atoms with Crippen molar-refractivity contribution >= 4 is 28.4 Å². The van der Waals surface area contributed by atoms with E-state index in [1.54, 1.807) is 0 Å². The number of aromatic amines is 1. The first-order valence-electron chi connectivity index (χ1n) is 11.3. The Balaban J connectivity index is 1.27. The summed E-state index contributed by atoms with van der Waals surface area (Å²) in [6.45, 7) is 2.15. The van der Waals surface area contributed by atoms with Crippen molar-refractivity contribution in [1.29, 1.82) is 0 Å². The monoisotopic (exact) mass is 432 g/mol. The molecule has 1 atom stereocenters. The van der Waals surface area contributed by atoms with Gasteiger partial charge in [-0.25, -0.2) is 0 Å². The maximum Gasteiger partial charge on any atom is 0.275 e. The fourth-order valence-corrected chi connectivity index (χ4v) is 4.84. The highest BCUT2D eigenvalue weighted by Gasteiger charge is 2.32. The average Bonchev–Trinajstić information content (AvgIpc) is 3.21. The van der Waals surface area contributed by atoms with Crippen LogP contribution in [0.3, 0.4) is 0 Å². The normalized spacial score (nSPS) is 18.2. The molecule has 2 aliphatic rings. The molecule has 0 unspecified atom stereocenters. The molecule has 5 rings (SSSR count). The lowest BCUT2D eigenvalue weighted by molar-refractivity contribution is -0.122. The van der Waals surface area contributed by atoms with Gasteiger partial charge in [0, 0.05) is 29.9 Å². The molecule has 1 fully saturated rings. The highest BCUT2D eigenvalue weighted by Crippen LogP contribution is 2.35. The molecule has 2 aromatic heterocycles. The number of H-pyrrole nitrogens is 1. The van der Waals surface area contributed by atoms with Crippen molar-refractivity contribution in [3.8, 4) is 0 Å². The maximum absolute atomic E-state index is 13.1. The Morgan fingerprint density at radius 1 is 1.19 bits per heavy atom. The molecule has 32 heavy (non-hydrogen) atoms. The smallest absolute Gasteiger partial charge is 0.275 e. The highest BCUT2D eigenvalue weighted by atomic mass is 16.2. The molecule has 1 aliphatic heterocycles. The quantitative estimate of drug-likeness (QED) is 0.558. The van der Waals surface area contributed by atoms with Crippen molar-refractivity contribution in [3.63, 3.8) is 0 Å². The Morgan fingerprint density at radius 2 is 2.03 bits per heavy atom. The van der Waals surface area contributed by atoms with E-state index in [1.807, 2.05) is 43.5 Å². The van der Waals surface area contributed by atoms with Gasteiger partial charge < -0.3 is 20.2 Å². The number of carbonyl (C=O) groups is 2. The number of pyridine rings is 1. The molecule has 166 valence electrons. The first-order valence-corrected chi connectivity index (χ1v) is 11.3. The third-order valence-corrected chi connectivity index (χ3v) is 6.93. The van der Waals surface area contributed by atoms with Crippen LogP contribution in [0.1, 0.15) is 42.5 Å². The zero-order valence-electron chi connectivity index (χ0n) is 18.2. The number of fused-ring (bicyclic) bond motifs is 2. The molecule has 3 aromatic rings. The zero-order valence-corrected chi connectivity index (χ0v) is 18.2. The number of carbonyl (C=O) groups excluding carboxylic acids is 2. The molecule has 3 N–H and O–H groups in total. The summed E-state index contributed by atoms with van der Waals surface area (Å²) in [5.41, 5.74) is 3.68. The molecule has 0 bridgehead atoms. The molecular formula is C25H28N4O3. The van der Waals surface area contributed by atoms with Crippen LogP contribution in [-0.4, -0.2) is 21.4 Å². The van der Waals surface area contributed by atoms with E-state index < -0.39 is 0 Å². The number of aromatic nitrogens is 2. The number of amides is 2. The van der Waals surface area contributed by atoms with Crippen LogP contribution in [0, 0.1) is 18.8 Å². The summed E-state index contributed by atoms with van der Waals surface area (Å²) >= 11 is 0. The van der Waals surface area contributed by atoms with Crippen molar-refractivity contribution in [2.24, 2.45) is 11.8 Å². The highest BCUT2D eigenvalue weighted by molar-refractivity contribution is 5.95. The van der Waals surface area contributed by atoms with Crippen LogP contribution >= 0.6 is 0 Å². The van der Waals surface area contributed by atoms with Crippen LogP contribution in [-0.2, 0) is 29.1 Å². The second-order valence-electron chi connectivity index (χ2n) is 9.18. The lowest BCUT2D eigenvalue weighted by Gasteiger charge is -2.32. The molecule has 0 saturated heterocycles. The lowest BCUT2D eigenvalue weighted by atomic mass is 9.76. The molecule has 7 nitrogen and oxygen atoms in total. The van der Waals surface area contributed by atoms with E-state index in [-0.39, 0.29) is 29.8 Å².